The van der Waals surface area contributed by atoms with Crippen molar-refractivity contribution < 1.29 is 9.53 Å². The van der Waals surface area contributed by atoms with Gasteiger partial charge < -0.3 is 19.8 Å². The molecule has 0 fully saturated rings. The molecule has 2 N–H and O–H groups in total. The van der Waals surface area contributed by atoms with E-state index in [0.717, 1.165) is 16.9 Å². The zero-order valence-corrected chi connectivity index (χ0v) is 15.8. The van der Waals surface area contributed by atoms with Gasteiger partial charge in [0.25, 0.3) is 0 Å². The lowest BCUT2D eigenvalue weighted by molar-refractivity contribution is 0.262. The number of aromatic nitrogens is 2. The molecule has 0 bridgehead atoms. The number of methoxy groups -OCH3 is 1. The monoisotopic (exact) mass is 392 g/mol. The second kappa shape index (κ2) is 7.62. The summed E-state index contributed by atoms with van der Waals surface area (Å²) in [5.41, 5.74) is 3.87. The molecule has 0 aliphatic rings. The second-order valence-corrected chi connectivity index (χ2v) is 6.53. The number of fused-ring (bicyclic) bond motifs is 1. The Labute approximate surface area is 166 Å². The van der Waals surface area contributed by atoms with Crippen molar-refractivity contribution in [1.82, 2.24) is 9.38 Å². The first-order valence-corrected chi connectivity index (χ1v) is 8.96. The molecule has 7 heteroatoms. The van der Waals surface area contributed by atoms with Gasteiger partial charge in [-0.25, -0.2) is 9.78 Å². The van der Waals surface area contributed by atoms with Crippen molar-refractivity contribution in [3.05, 3.63) is 78.1 Å². The summed E-state index contributed by atoms with van der Waals surface area (Å²) in [6.45, 7) is 0. The summed E-state index contributed by atoms with van der Waals surface area (Å²) >= 11 is 5.99. The van der Waals surface area contributed by atoms with Gasteiger partial charge >= 0.3 is 6.03 Å². The van der Waals surface area contributed by atoms with Crippen LogP contribution >= 0.6 is 11.6 Å². The largest absolute Gasteiger partial charge is 0.495 e. The molecule has 6 nitrogen and oxygen atoms in total. The highest BCUT2D eigenvalue weighted by Gasteiger charge is 2.09. The van der Waals surface area contributed by atoms with Gasteiger partial charge in [0, 0.05) is 28.7 Å². The normalized spacial score (nSPS) is 10.6. The van der Waals surface area contributed by atoms with Crippen LogP contribution in [0, 0.1) is 0 Å². The van der Waals surface area contributed by atoms with Crippen LogP contribution in [-0.4, -0.2) is 22.5 Å². The lowest BCUT2D eigenvalue weighted by atomic mass is 10.1. The fraction of sp³-hybridized carbons (Fsp3) is 0.0476. The number of hydrogen-bond donors (Lipinski definition) is 2. The highest BCUT2D eigenvalue weighted by molar-refractivity contribution is 6.31. The van der Waals surface area contributed by atoms with E-state index in [0.29, 0.717) is 22.1 Å². The molecular formula is C21H17ClN4O2. The molecule has 2 heterocycles. The predicted octanol–water partition coefficient (Wildman–Crippen LogP) is 5.31. The summed E-state index contributed by atoms with van der Waals surface area (Å²) in [5, 5.41) is 6.04. The van der Waals surface area contributed by atoms with Crippen LogP contribution in [0.3, 0.4) is 0 Å². The Balaban J connectivity index is 1.47. The number of benzene rings is 2. The number of carbonyl (C=O) groups is 1. The van der Waals surface area contributed by atoms with E-state index < -0.39 is 0 Å². The molecule has 4 rings (SSSR count). The van der Waals surface area contributed by atoms with Gasteiger partial charge in [-0.15, -0.1) is 0 Å². The van der Waals surface area contributed by atoms with Crippen molar-refractivity contribution in [3.8, 4) is 17.0 Å². The zero-order chi connectivity index (χ0) is 19.5. The number of amides is 2. The maximum absolute atomic E-state index is 12.3. The fourth-order valence-corrected chi connectivity index (χ4v) is 3.03. The third-order valence-corrected chi connectivity index (χ3v) is 4.45. The maximum atomic E-state index is 12.3. The van der Waals surface area contributed by atoms with Crippen molar-refractivity contribution in [2.75, 3.05) is 17.7 Å². The molecule has 140 valence electrons. The topological polar surface area (TPSA) is 67.7 Å². The molecule has 0 spiro atoms. The first-order valence-electron chi connectivity index (χ1n) is 8.58. The zero-order valence-electron chi connectivity index (χ0n) is 15.0. The maximum Gasteiger partial charge on any atom is 0.323 e. The molecule has 2 aromatic heterocycles. The third kappa shape index (κ3) is 3.77. The van der Waals surface area contributed by atoms with Crippen LogP contribution in [0.4, 0.5) is 16.2 Å². The van der Waals surface area contributed by atoms with Crippen LogP contribution in [0.15, 0.2) is 73.1 Å². The van der Waals surface area contributed by atoms with Crippen LogP contribution in [0.5, 0.6) is 5.75 Å². The minimum absolute atomic E-state index is 0.388. The molecule has 0 saturated carbocycles. The van der Waals surface area contributed by atoms with Crippen molar-refractivity contribution in [2.24, 2.45) is 0 Å². The van der Waals surface area contributed by atoms with E-state index in [4.69, 9.17) is 16.3 Å². The standard InChI is InChI=1S/C21H17ClN4O2/c1-28-19-10-7-15(22)12-17(19)25-21(27)23-16-8-5-14(6-9-16)18-13-26-11-3-2-4-20(26)24-18/h2-13H,1H3,(H2,23,25,27). The van der Waals surface area contributed by atoms with Crippen LogP contribution < -0.4 is 15.4 Å². The summed E-state index contributed by atoms with van der Waals surface area (Å²) < 4.78 is 7.20. The number of rotatable bonds is 4. The Bertz CT molecular complexity index is 1110. The molecule has 0 atom stereocenters. The summed E-state index contributed by atoms with van der Waals surface area (Å²) in [5.74, 6) is 0.529. The average molecular weight is 393 g/mol. The molecule has 2 amide bonds. The summed E-state index contributed by atoms with van der Waals surface area (Å²) in [7, 11) is 1.53. The van der Waals surface area contributed by atoms with E-state index in [-0.39, 0.29) is 6.03 Å². The van der Waals surface area contributed by atoms with Crippen molar-refractivity contribution in [3.63, 3.8) is 0 Å². The van der Waals surface area contributed by atoms with Gasteiger partial charge in [-0.05, 0) is 42.5 Å². The number of pyridine rings is 1. The van der Waals surface area contributed by atoms with Crippen molar-refractivity contribution >= 4 is 34.7 Å². The Morgan fingerprint density at radius 2 is 1.89 bits per heavy atom. The third-order valence-electron chi connectivity index (χ3n) is 4.21. The smallest absolute Gasteiger partial charge is 0.323 e. The molecule has 2 aromatic carbocycles. The van der Waals surface area contributed by atoms with Crippen LogP contribution in [0.25, 0.3) is 16.9 Å². The summed E-state index contributed by atoms with van der Waals surface area (Å²) in [4.78, 5) is 16.9. The molecule has 4 aromatic rings. The average Bonchev–Trinajstić information content (AvgIpc) is 3.13. The number of ether oxygens (including phenoxy) is 1. The fourth-order valence-electron chi connectivity index (χ4n) is 2.86. The SMILES string of the molecule is COc1ccc(Cl)cc1NC(=O)Nc1ccc(-c2cn3ccccc3n2)cc1. The lowest BCUT2D eigenvalue weighted by Crippen LogP contribution is -2.19. The molecule has 0 unspecified atom stereocenters. The molecule has 0 aliphatic heterocycles. The molecule has 28 heavy (non-hydrogen) atoms. The van der Waals surface area contributed by atoms with Gasteiger partial charge in [0.1, 0.15) is 11.4 Å². The molecule has 0 radical (unpaired) electrons. The van der Waals surface area contributed by atoms with Crippen LogP contribution in [0.2, 0.25) is 5.02 Å². The minimum Gasteiger partial charge on any atom is -0.495 e. The van der Waals surface area contributed by atoms with Crippen LogP contribution in [0.1, 0.15) is 0 Å². The van der Waals surface area contributed by atoms with Gasteiger partial charge in [-0.1, -0.05) is 29.8 Å². The molecule has 0 aliphatic carbocycles. The lowest BCUT2D eigenvalue weighted by Gasteiger charge is -2.11. The number of carbonyl (C=O) groups excluding carboxylic acids is 1. The Morgan fingerprint density at radius 3 is 2.64 bits per heavy atom. The Hall–Kier alpha value is -3.51. The van der Waals surface area contributed by atoms with E-state index >= 15 is 0 Å². The quantitative estimate of drug-likeness (QED) is 0.494. The van der Waals surface area contributed by atoms with Crippen molar-refractivity contribution in [2.45, 2.75) is 0 Å². The van der Waals surface area contributed by atoms with E-state index in [1.807, 2.05) is 59.3 Å². The summed E-state index contributed by atoms with van der Waals surface area (Å²) in [6.07, 6.45) is 3.92. The van der Waals surface area contributed by atoms with Gasteiger partial charge in [0.05, 0.1) is 18.5 Å². The first-order chi connectivity index (χ1) is 13.6. The Morgan fingerprint density at radius 1 is 1.07 bits per heavy atom. The Kier molecular flexibility index (Phi) is 4.87. The highest BCUT2D eigenvalue weighted by Crippen LogP contribution is 2.28. The molecular weight excluding hydrogens is 376 g/mol. The van der Waals surface area contributed by atoms with Gasteiger partial charge in [0.2, 0.25) is 0 Å². The summed E-state index contributed by atoms with van der Waals surface area (Å²) in [6, 6.07) is 18.0. The van der Waals surface area contributed by atoms with Crippen molar-refractivity contribution in [1.29, 1.82) is 0 Å². The van der Waals surface area contributed by atoms with E-state index in [9.17, 15) is 4.79 Å². The number of hydrogen-bond acceptors (Lipinski definition) is 3. The number of halogens is 1. The van der Waals surface area contributed by atoms with Gasteiger partial charge in [-0.2, -0.15) is 0 Å². The van der Waals surface area contributed by atoms with Gasteiger partial charge in [-0.3, -0.25) is 0 Å². The number of nitrogens with one attached hydrogen (secondary N) is 2. The number of nitrogens with zero attached hydrogens (tertiary/aromatic N) is 2. The van der Waals surface area contributed by atoms with E-state index in [2.05, 4.69) is 15.6 Å². The van der Waals surface area contributed by atoms with Crippen LogP contribution in [-0.2, 0) is 0 Å². The van der Waals surface area contributed by atoms with Gasteiger partial charge in [0.15, 0.2) is 0 Å². The van der Waals surface area contributed by atoms with E-state index in [1.54, 1.807) is 18.2 Å². The number of imidazole rings is 1. The minimum atomic E-state index is -0.388. The number of anilines is 2. The second-order valence-electron chi connectivity index (χ2n) is 6.09. The molecule has 0 saturated heterocycles. The number of urea groups is 1. The highest BCUT2D eigenvalue weighted by atomic mass is 35.5. The first kappa shape index (κ1) is 17.9. The van der Waals surface area contributed by atoms with E-state index in [1.165, 1.54) is 7.11 Å². The predicted molar refractivity (Wildman–Crippen MR) is 111 cm³/mol.